The molecule has 1 aliphatic heterocycles. The lowest BCUT2D eigenvalue weighted by Gasteiger charge is -2.29. The number of carboxylic acid groups (broad SMARTS) is 1. The first-order valence-corrected chi connectivity index (χ1v) is 5.70. The third-order valence-electron chi connectivity index (χ3n) is 2.95. The zero-order chi connectivity index (χ0) is 12.8. The van der Waals surface area contributed by atoms with Crippen LogP contribution in [0.4, 0.5) is 0 Å². The quantitative estimate of drug-likeness (QED) is 0.711. The number of hydrogen-bond acceptors (Lipinski definition) is 4. The van der Waals surface area contributed by atoms with Crippen LogP contribution in [0.25, 0.3) is 0 Å². The molecule has 0 aromatic heterocycles. The predicted molar refractivity (Wildman–Crippen MR) is 59.6 cm³/mol. The van der Waals surface area contributed by atoms with Crippen LogP contribution in [0.1, 0.15) is 13.3 Å². The molecule has 0 aromatic carbocycles. The van der Waals surface area contributed by atoms with Gasteiger partial charge in [-0.1, -0.05) is 0 Å². The second kappa shape index (κ2) is 6.56. The maximum absolute atomic E-state index is 11.9. The van der Waals surface area contributed by atoms with E-state index in [2.05, 4.69) is 0 Å². The van der Waals surface area contributed by atoms with Crippen LogP contribution in [0, 0.1) is 5.92 Å². The summed E-state index contributed by atoms with van der Waals surface area (Å²) >= 11 is 0. The van der Waals surface area contributed by atoms with Crippen LogP contribution >= 0.6 is 0 Å². The maximum atomic E-state index is 11.9. The number of ether oxygens (including phenoxy) is 2. The fourth-order valence-electron chi connectivity index (χ4n) is 2.01. The van der Waals surface area contributed by atoms with Crippen molar-refractivity contribution in [3.63, 3.8) is 0 Å². The zero-order valence-electron chi connectivity index (χ0n) is 10.2. The van der Waals surface area contributed by atoms with Crippen molar-refractivity contribution in [1.82, 2.24) is 4.90 Å². The normalized spacial score (nSPS) is 23.6. The molecule has 0 spiro atoms. The highest BCUT2D eigenvalue weighted by molar-refractivity contribution is 5.78. The largest absolute Gasteiger partial charge is 0.481 e. The number of aliphatic carboxylic acids is 1. The van der Waals surface area contributed by atoms with E-state index in [1.165, 1.54) is 7.11 Å². The summed E-state index contributed by atoms with van der Waals surface area (Å²) in [5, 5.41) is 9.04. The van der Waals surface area contributed by atoms with Gasteiger partial charge in [0.1, 0.15) is 5.92 Å². The molecule has 0 aliphatic carbocycles. The summed E-state index contributed by atoms with van der Waals surface area (Å²) in [5.74, 6) is -1.62. The van der Waals surface area contributed by atoms with Crippen molar-refractivity contribution in [2.75, 3.05) is 33.5 Å². The van der Waals surface area contributed by atoms with Gasteiger partial charge in [0.15, 0.2) is 0 Å². The van der Waals surface area contributed by atoms with Gasteiger partial charge in [-0.25, -0.2) is 0 Å². The van der Waals surface area contributed by atoms with E-state index in [1.807, 2.05) is 6.92 Å². The lowest BCUT2D eigenvalue weighted by atomic mass is 10.0. The Morgan fingerprint density at radius 3 is 2.71 bits per heavy atom. The number of amides is 1. The molecule has 6 nitrogen and oxygen atoms in total. The summed E-state index contributed by atoms with van der Waals surface area (Å²) in [6, 6.07) is -0.359. The average molecular weight is 245 g/mol. The molecule has 17 heavy (non-hydrogen) atoms. The van der Waals surface area contributed by atoms with Gasteiger partial charge in [-0.3, -0.25) is 9.59 Å². The first-order chi connectivity index (χ1) is 8.11. The van der Waals surface area contributed by atoms with Gasteiger partial charge in [-0.15, -0.1) is 0 Å². The Kier molecular flexibility index (Phi) is 5.37. The molecule has 98 valence electrons. The molecule has 0 aromatic rings. The van der Waals surface area contributed by atoms with Crippen molar-refractivity contribution >= 4 is 11.9 Å². The van der Waals surface area contributed by atoms with Crippen molar-refractivity contribution < 1.29 is 24.2 Å². The monoisotopic (exact) mass is 245 g/mol. The van der Waals surface area contributed by atoms with E-state index in [-0.39, 0.29) is 25.0 Å². The van der Waals surface area contributed by atoms with Gasteiger partial charge < -0.3 is 19.5 Å². The third kappa shape index (κ3) is 3.41. The van der Waals surface area contributed by atoms with Crippen molar-refractivity contribution in [3.05, 3.63) is 0 Å². The highest BCUT2D eigenvalue weighted by atomic mass is 16.5. The van der Waals surface area contributed by atoms with Crippen molar-refractivity contribution in [3.8, 4) is 0 Å². The number of nitrogens with zero attached hydrogens (tertiary/aromatic N) is 1. The SMILES string of the molecule is CCN(C(=O)CCOC)C1COCC1C(=O)O. The molecule has 1 saturated heterocycles. The molecule has 0 saturated carbocycles. The minimum Gasteiger partial charge on any atom is -0.481 e. The summed E-state index contributed by atoms with van der Waals surface area (Å²) in [6.45, 7) is 3.14. The number of rotatable bonds is 6. The highest BCUT2D eigenvalue weighted by Crippen LogP contribution is 2.20. The molecule has 0 radical (unpaired) electrons. The molecule has 0 bridgehead atoms. The standard InChI is InChI=1S/C11H19NO5/c1-3-12(10(13)4-5-16-2)9-7-17-6-8(9)11(14)15/h8-9H,3-7H2,1-2H3,(H,14,15). The Balaban J connectivity index is 2.65. The number of methoxy groups -OCH3 is 1. The molecule has 2 atom stereocenters. The first-order valence-electron chi connectivity index (χ1n) is 5.70. The summed E-state index contributed by atoms with van der Waals surface area (Å²) < 4.78 is 10.0. The van der Waals surface area contributed by atoms with Crippen LogP contribution < -0.4 is 0 Å². The third-order valence-corrected chi connectivity index (χ3v) is 2.95. The van der Waals surface area contributed by atoms with Crippen LogP contribution in [-0.4, -0.2) is 61.4 Å². The van der Waals surface area contributed by atoms with Crippen molar-refractivity contribution in [1.29, 1.82) is 0 Å². The summed E-state index contributed by atoms with van der Waals surface area (Å²) in [7, 11) is 1.53. The van der Waals surface area contributed by atoms with Gasteiger partial charge in [-0.2, -0.15) is 0 Å². The Morgan fingerprint density at radius 2 is 2.18 bits per heavy atom. The van der Waals surface area contributed by atoms with Gasteiger partial charge in [-0.05, 0) is 6.92 Å². The smallest absolute Gasteiger partial charge is 0.311 e. The fraction of sp³-hybridized carbons (Fsp3) is 0.818. The number of carbonyl (C=O) groups is 2. The van der Waals surface area contributed by atoms with Crippen LogP contribution in [0.2, 0.25) is 0 Å². The summed E-state index contributed by atoms with van der Waals surface area (Å²) in [6.07, 6.45) is 0.271. The van der Waals surface area contributed by atoms with E-state index in [4.69, 9.17) is 14.6 Å². The maximum Gasteiger partial charge on any atom is 0.311 e. The van der Waals surface area contributed by atoms with E-state index in [0.29, 0.717) is 19.8 Å². The van der Waals surface area contributed by atoms with E-state index in [0.717, 1.165) is 0 Å². The minimum atomic E-state index is -0.912. The van der Waals surface area contributed by atoms with Gasteiger partial charge in [0.25, 0.3) is 0 Å². The second-order valence-electron chi connectivity index (χ2n) is 3.97. The highest BCUT2D eigenvalue weighted by Gasteiger charge is 2.39. The van der Waals surface area contributed by atoms with E-state index in [9.17, 15) is 9.59 Å². The van der Waals surface area contributed by atoms with Gasteiger partial charge in [0, 0.05) is 13.7 Å². The van der Waals surface area contributed by atoms with Crippen LogP contribution in [0.3, 0.4) is 0 Å². The number of carbonyl (C=O) groups excluding carboxylic acids is 1. The first kappa shape index (κ1) is 13.9. The Hall–Kier alpha value is -1.14. The Morgan fingerprint density at radius 1 is 1.47 bits per heavy atom. The fourth-order valence-corrected chi connectivity index (χ4v) is 2.01. The number of likely N-dealkylation sites (N-methyl/N-ethyl adjacent to an activating group) is 1. The van der Waals surface area contributed by atoms with Gasteiger partial charge in [0.2, 0.25) is 5.91 Å². The molecule has 6 heteroatoms. The second-order valence-corrected chi connectivity index (χ2v) is 3.97. The molecular weight excluding hydrogens is 226 g/mol. The number of hydrogen-bond donors (Lipinski definition) is 1. The van der Waals surface area contributed by atoms with E-state index >= 15 is 0 Å². The molecule has 1 rings (SSSR count). The number of carboxylic acids is 1. The molecule has 1 N–H and O–H groups in total. The lowest BCUT2D eigenvalue weighted by molar-refractivity contribution is -0.145. The van der Waals surface area contributed by atoms with Gasteiger partial charge in [0.05, 0.1) is 32.3 Å². The van der Waals surface area contributed by atoms with E-state index < -0.39 is 11.9 Å². The van der Waals surface area contributed by atoms with Crippen LogP contribution in [0.15, 0.2) is 0 Å². The molecular formula is C11H19NO5. The zero-order valence-corrected chi connectivity index (χ0v) is 10.2. The van der Waals surface area contributed by atoms with Crippen LogP contribution in [-0.2, 0) is 19.1 Å². The molecule has 1 fully saturated rings. The Labute approximate surface area is 100 Å². The molecule has 1 aliphatic rings. The predicted octanol–water partition coefficient (Wildman–Crippen LogP) is -0.0290. The summed E-state index contributed by atoms with van der Waals surface area (Å²) in [4.78, 5) is 24.5. The van der Waals surface area contributed by atoms with Gasteiger partial charge >= 0.3 is 5.97 Å². The molecule has 1 amide bonds. The topological polar surface area (TPSA) is 76.1 Å². The van der Waals surface area contributed by atoms with Crippen LogP contribution in [0.5, 0.6) is 0 Å². The Bertz CT molecular complexity index is 281. The molecule has 2 unspecified atom stereocenters. The van der Waals surface area contributed by atoms with E-state index in [1.54, 1.807) is 4.90 Å². The minimum absolute atomic E-state index is 0.0869. The molecule has 1 heterocycles. The van der Waals surface area contributed by atoms with Crippen molar-refractivity contribution in [2.45, 2.75) is 19.4 Å². The lowest BCUT2D eigenvalue weighted by Crippen LogP contribution is -2.46. The average Bonchev–Trinajstić information content (AvgIpc) is 2.76. The van der Waals surface area contributed by atoms with Crippen molar-refractivity contribution in [2.24, 2.45) is 5.92 Å². The summed E-state index contributed by atoms with van der Waals surface area (Å²) in [5.41, 5.74) is 0.